The highest BCUT2D eigenvalue weighted by atomic mass is 35.5. The standard InChI is InChI=1S/C18H9Cl3F2N2O5S/c19-14-6-12(25(26)27)1-2-17(14)30-18-15(20)7-13(8-16(18)21)31(28,29)24-11-4-9(22)3-10(23)5-11/h1-8,24H. The number of halogens is 5. The number of sulfonamides is 1. The predicted octanol–water partition coefficient (Wildman–Crippen LogP) is 6.43. The minimum atomic E-state index is -4.31. The normalized spacial score (nSPS) is 11.3. The minimum absolute atomic E-state index is 0.0139. The van der Waals surface area contributed by atoms with Crippen LogP contribution >= 0.6 is 34.8 Å². The van der Waals surface area contributed by atoms with E-state index >= 15 is 0 Å². The van der Waals surface area contributed by atoms with Crippen molar-refractivity contribution in [1.29, 1.82) is 0 Å². The molecule has 0 amide bonds. The highest BCUT2D eigenvalue weighted by molar-refractivity contribution is 7.92. The van der Waals surface area contributed by atoms with E-state index < -0.39 is 31.5 Å². The van der Waals surface area contributed by atoms with Crippen LogP contribution < -0.4 is 9.46 Å². The Morgan fingerprint density at radius 2 is 1.48 bits per heavy atom. The van der Waals surface area contributed by atoms with Crippen LogP contribution in [0.25, 0.3) is 0 Å². The van der Waals surface area contributed by atoms with Crippen molar-refractivity contribution in [1.82, 2.24) is 0 Å². The van der Waals surface area contributed by atoms with E-state index in [9.17, 15) is 27.3 Å². The molecule has 13 heteroatoms. The summed E-state index contributed by atoms with van der Waals surface area (Å²) in [6.07, 6.45) is 0. The van der Waals surface area contributed by atoms with Crippen LogP contribution in [0.5, 0.6) is 11.5 Å². The Labute approximate surface area is 189 Å². The summed E-state index contributed by atoms with van der Waals surface area (Å²) in [5.41, 5.74) is -0.612. The van der Waals surface area contributed by atoms with Crippen LogP contribution in [0.4, 0.5) is 20.2 Å². The Morgan fingerprint density at radius 1 is 0.903 bits per heavy atom. The molecule has 0 aliphatic heterocycles. The zero-order chi connectivity index (χ0) is 22.9. The van der Waals surface area contributed by atoms with Crippen LogP contribution in [-0.4, -0.2) is 13.3 Å². The van der Waals surface area contributed by atoms with Crippen LogP contribution in [0.1, 0.15) is 0 Å². The topological polar surface area (TPSA) is 98.5 Å². The number of anilines is 1. The van der Waals surface area contributed by atoms with Gasteiger partial charge in [0.25, 0.3) is 15.7 Å². The zero-order valence-electron chi connectivity index (χ0n) is 14.9. The Bertz CT molecular complexity index is 1260. The van der Waals surface area contributed by atoms with Gasteiger partial charge in [-0.1, -0.05) is 34.8 Å². The van der Waals surface area contributed by atoms with Gasteiger partial charge in [-0.15, -0.1) is 0 Å². The second kappa shape index (κ2) is 8.83. The molecule has 1 N–H and O–H groups in total. The Kier molecular flexibility index (Phi) is 6.56. The number of non-ortho nitro benzene ring substituents is 1. The molecule has 0 spiro atoms. The summed E-state index contributed by atoms with van der Waals surface area (Å²) in [7, 11) is -4.31. The quantitative estimate of drug-likeness (QED) is 0.305. The lowest BCUT2D eigenvalue weighted by Gasteiger charge is -2.14. The van der Waals surface area contributed by atoms with E-state index in [4.69, 9.17) is 39.5 Å². The summed E-state index contributed by atoms with van der Waals surface area (Å²) in [6.45, 7) is 0. The molecule has 0 aromatic heterocycles. The molecule has 3 aromatic rings. The van der Waals surface area contributed by atoms with Crippen molar-refractivity contribution in [3.8, 4) is 11.5 Å². The summed E-state index contributed by atoms with van der Waals surface area (Å²) in [4.78, 5) is 9.74. The van der Waals surface area contributed by atoms with Crippen molar-refractivity contribution in [2.24, 2.45) is 0 Å². The van der Waals surface area contributed by atoms with Gasteiger partial charge in [0.1, 0.15) is 17.4 Å². The third kappa shape index (κ3) is 5.34. The average Bonchev–Trinajstić information content (AvgIpc) is 2.64. The van der Waals surface area contributed by atoms with Crippen molar-refractivity contribution in [2.45, 2.75) is 4.90 Å². The van der Waals surface area contributed by atoms with Crippen LogP contribution in [0.3, 0.4) is 0 Å². The fraction of sp³-hybridized carbons (Fsp3) is 0. The summed E-state index contributed by atoms with van der Waals surface area (Å²) < 4.78 is 59.2. The fourth-order valence-electron chi connectivity index (χ4n) is 2.41. The molecule has 3 aromatic carbocycles. The third-order valence-electron chi connectivity index (χ3n) is 3.74. The van der Waals surface area contributed by atoms with E-state index in [1.54, 1.807) is 0 Å². The van der Waals surface area contributed by atoms with Gasteiger partial charge in [0.15, 0.2) is 5.75 Å². The van der Waals surface area contributed by atoms with Crippen LogP contribution in [0.15, 0.2) is 53.4 Å². The van der Waals surface area contributed by atoms with Gasteiger partial charge in [-0.25, -0.2) is 17.2 Å². The van der Waals surface area contributed by atoms with E-state index in [0.29, 0.717) is 6.07 Å². The highest BCUT2D eigenvalue weighted by Crippen LogP contribution is 2.41. The molecule has 0 bridgehead atoms. The number of rotatable bonds is 6. The van der Waals surface area contributed by atoms with Crippen molar-refractivity contribution in [3.05, 3.63) is 85.3 Å². The molecular weight excluding hydrogens is 501 g/mol. The Morgan fingerprint density at radius 3 is 2.00 bits per heavy atom. The maximum absolute atomic E-state index is 13.3. The van der Waals surface area contributed by atoms with Crippen molar-refractivity contribution in [2.75, 3.05) is 4.72 Å². The summed E-state index contributed by atoms with van der Waals surface area (Å²) >= 11 is 18.2. The second-order valence-electron chi connectivity index (χ2n) is 5.95. The Balaban J connectivity index is 1.92. The third-order valence-corrected chi connectivity index (χ3v) is 5.95. The number of hydrogen-bond acceptors (Lipinski definition) is 5. The van der Waals surface area contributed by atoms with Crippen LogP contribution in [0, 0.1) is 21.7 Å². The van der Waals surface area contributed by atoms with E-state index in [-0.39, 0.29) is 37.9 Å². The summed E-state index contributed by atoms with van der Waals surface area (Å²) in [5.74, 6) is -2.12. The molecule has 162 valence electrons. The summed E-state index contributed by atoms with van der Waals surface area (Å²) in [5, 5.41) is 10.2. The number of nitrogens with one attached hydrogen (secondary N) is 1. The number of nitrogens with zero attached hydrogens (tertiary/aromatic N) is 1. The number of ether oxygens (including phenoxy) is 1. The lowest BCUT2D eigenvalue weighted by Crippen LogP contribution is -2.13. The molecule has 0 fully saturated rings. The average molecular weight is 510 g/mol. The number of hydrogen-bond donors (Lipinski definition) is 1. The number of nitro benzene ring substituents is 1. The van der Waals surface area contributed by atoms with E-state index in [1.165, 1.54) is 6.07 Å². The molecule has 31 heavy (non-hydrogen) atoms. The van der Waals surface area contributed by atoms with Gasteiger partial charge in [-0.05, 0) is 30.3 Å². The van der Waals surface area contributed by atoms with Crippen molar-refractivity contribution in [3.63, 3.8) is 0 Å². The molecule has 0 saturated carbocycles. The predicted molar refractivity (Wildman–Crippen MR) is 112 cm³/mol. The lowest BCUT2D eigenvalue weighted by molar-refractivity contribution is -0.384. The number of nitro groups is 1. The molecule has 0 heterocycles. The van der Waals surface area contributed by atoms with Crippen molar-refractivity contribution < 1.29 is 26.9 Å². The number of benzene rings is 3. The summed E-state index contributed by atoms with van der Waals surface area (Å²) in [6, 6.07) is 7.58. The minimum Gasteiger partial charge on any atom is -0.453 e. The van der Waals surface area contributed by atoms with Gasteiger partial charge in [0.2, 0.25) is 0 Å². The molecule has 0 aliphatic rings. The SMILES string of the molecule is O=[N+]([O-])c1ccc(Oc2c(Cl)cc(S(=O)(=O)Nc3cc(F)cc(F)c3)cc2Cl)c(Cl)c1. The van der Waals surface area contributed by atoms with E-state index in [0.717, 1.165) is 36.4 Å². The van der Waals surface area contributed by atoms with Crippen molar-refractivity contribution >= 4 is 56.2 Å². The second-order valence-corrected chi connectivity index (χ2v) is 8.86. The molecule has 0 aliphatic carbocycles. The van der Waals surface area contributed by atoms with Crippen LogP contribution in [-0.2, 0) is 10.0 Å². The molecule has 0 radical (unpaired) electrons. The first-order valence-electron chi connectivity index (χ1n) is 8.06. The van der Waals surface area contributed by atoms with Gasteiger partial charge in [-0.3, -0.25) is 14.8 Å². The smallest absolute Gasteiger partial charge is 0.271 e. The molecule has 0 saturated heterocycles. The maximum Gasteiger partial charge on any atom is 0.271 e. The molecule has 0 atom stereocenters. The lowest BCUT2D eigenvalue weighted by atomic mass is 10.3. The van der Waals surface area contributed by atoms with E-state index in [2.05, 4.69) is 0 Å². The highest BCUT2D eigenvalue weighted by Gasteiger charge is 2.21. The fourth-order valence-corrected chi connectivity index (χ4v) is 4.41. The van der Waals surface area contributed by atoms with Crippen LogP contribution in [0.2, 0.25) is 15.1 Å². The molecule has 7 nitrogen and oxygen atoms in total. The molecular formula is C18H9Cl3F2N2O5S. The first kappa shape index (κ1) is 23.0. The van der Waals surface area contributed by atoms with Gasteiger partial charge in [-0.2, -0.15) is 0 Å². The van der Waals surface area contributed by atoms with Gasteiger partial charge in [0, 0.05) is 18.2 Å². The first-order valence-corrected chi connectivity index (χ1v) is 10.7. The maximum atomic E-state index is 13.3. The zero-order valence-corrected chi connectivity index (χ0v) is 18.0. The molecule has 3 rings (SSSR count). The monoisotopic (exact) mass is 508 g/mol. The van der Waals surface area contributed by atoms with Gasteiger partial charge < -0.3 is 4.74 Å². The van der Waals surface area contributed by atoms with Gasteiger partial charge in [0.05, 0.1) is 30.6 Å². The van der Waals surface area contributed by atoms with Gasteiger partial charge >= 0.3 is 0 Å². The van der Waals surface area contributed by atoms with E-state index in [1.807, 2.05) is 4.72 Å². The molecule has 0 unspecified atom stereocenters. The first-order chi connectivity index (χ1) is 14.5. The Hall–Kier alpha value is -2.66. The largest absolute Gasteiger partial charge is 0.453 e.